The highest BCUT2D eigenvalue weighted by molar-refractivity contribution is 6.04. The highest BCUT2D eigenvalue weighted by atomic mass is 16.5. The normalized spacial score (nSPS) is 11.5. The summed E-state index contributed by atoms with van der Waals surface area (Å²) >= 11 is 0. The predicted molar refractivity (Wildman–Crippen MR) is 129 cm³/mol. The van der Waals surface area contributed by atoms with Crippen LogP contribution in [-0.2, 0) is 0 Å². The van der Waals surface area contributed by atoms with E-state index in [4.69, 9.17) is 9.47 Å². The Hall–Kier alpha value is -3.78. The third kappa shape index (κ3) is 4.70. The topological polar surface area (TPSA) is 18.5 Å². The average Bonchev–Trinajstić information content (AvgIpc) is 2.84. The van der Waals surface area contributed by atoms with Gasteiger partial charge in [-0.1, -0.05) is 84.9 Å². The molecule has 0 saturated heterocycles. The maximum atomic E-state index is 5.67. The van der Waals surface area contributed by atoms with E-state index in [9.17, 15) is 0 Å². The van der Waals surface area contributed by atoms with Crippen molar-refractivity contribution in [3.8, 4) is 11.5 Å². The molecular weight excluding hydrogens is 380 g/mol. The molecular formula is C29H26O2. The fourth-order valence-corrected chi connectivity index (χ4v) is 3.76. The van der Waals surface area contributed by atoms with Gasteiger partial charge in [-0.15, -0.1) is 0 Å². The van der Waals surface area contributed by atoms with Crippen molar-refractivity contribution in [1.82, 2.24) is 0 Å². The summed E-state index contributed by atoms with van der Waals surface area (Å²) in [6.45, 7) is 2.65. The smallest absolute Gasteiger partial charge is 0.119 e. The van der Waals surface area contributed by atoms with Gasteiger partial charge in [0, 0.05) is 0 Å². The molecule has 0 spiro atoms. The lowest BCUT2D eigenvalue weighted by Crippen LogP contribution is -1.98. The zero-order chi connectivity index (χ0) is 21.5. The van der Waals surface area contributed by atoms with Gasteiger partial charge in [-0.3, -0.25) is 0 Å². The van der Waals surface area contributed by atoms with Crippen LogP contribution in [0.4, 0.5) is 0 Å². The standard InChI is InChI=1S/C29H26O2/c1-3-31-27-20-16-25(17-21-27)29(23-12-8-5-9-13-23)28(22-10-6-4-7-11-22)24-14-18-26(30-2)19-15-24/h4-21H,3H2,1-2H3/b29-28-. The van der Waals surface area contributed by atoms with Crippen molar-refractivity contribution < 1.29 is 9.47 Å². The number of rotatable bonds is 7. The second-order valence-corrected chi connectivity index (χ2v) is 7.17. The average molecular weight is 407 g/mol. The van der Waals surface area contributed by atoms with Gasteiger partial charge in [-0.25, -0.2) is 0 Å². The minimum Gasteiger partial charge on any atom is -0.497 e. The Morgan fingerprint density at radius 1 is 0.516 bits per heavy atom. The molecule has 0 bridgehead atoms. The van der Waals surface area contributed by atoms with Crippen LogP contribution in [-0.4, -0.2) is 13.7 Å². The SMILES string of the molecule is CCOc1ccc(/C(=C(/c2ccccc2)c2ccc(OC)cc2)c2ccccc2)cc1. The Kier molecular flexibility index (Phi) is 6.49. The molecule has 154 valence electrons. The van der Waals surface area contributed by atoms with Crippen LogP contribution in [0.2, 0.25) is 0 Å². The molecule has 0 heterocycles. The van der Waals surface area contributed by atoms with Crippen molar-refractivity contribution in [3.63, 3.8) is 0 Å². The minimum absolute atomic E-state index is 0.655. The molecule has 2 nitrogen and oxygen atoms in total. The molecule has 0 aliphatic heterocycles. The first-order chi connectivity index (χ1) is 15.3. The van der Waals surface area contributed by atoms with Gasteiger partial charge in [0.1, 0.15) is 11.5 Å². The van der Waals surface area contributed by atoms with Gasteiger partial charge < -0.3 is 9.47 Å². The largest absolute Gasteiger partial charge is 0.497 e. The van der Waals surface area contributed by atoms with E-state index in [1.807, 2.05) is 37.3 Å². The van der Waals surface area contributed by atoms with Gasteiger partial charge >= 0.3 is 0 Å². The summed E-state index contributed by atoms with van der Waals surface area (Å²) in [5, 5.41) is 0. The molecule has 0 fully saturated rings. The summed E-state index contributed by atoms with van der Waals surface area (Å²) in [5.41, 5.74) is 6.98. The van der Waals surface area contributed by atoms with Crippen LogP contribution in [0.15, 0.2) is 109 Å². The molecule has 0 N–H and O–H groups in total. The molecule has 0 amide bonds. The first-order valence-electron chi connectivity index (χ1n) is 10.5. The minimum atomic E-state index is 0.655. The summed E-state index contributed by atoms with van der Waals surface area (Å²) in [4.78, 5) is 0. The molecule has 31 heavy (non-hydrogen) atoms. The number of benzene rings is 4. The Labute approximate surface area is 184 Å². The third-order valence-corrected chi connectivity index (χ3v) is 5.21. The van der Waals surface area contributed by atoms with Crippen LogP contribution in [0.5, 0.6) is 11.5 Å². The van der Waals surface area contributed by atoms with Crippen molar-refractivity contribution in [1.29, 1.82) is 0 Å². The summed E-state index contributed by atoms with van der Waals surface area (Å²) in [6, 6.07) is 37.7. The van der Waals surface area contributed by atoms with E-state index < -0.39 is 0 Å². The van der Waals surface area contributed by atoms with Gasteiger partial charge in [0.15, 0.2) is 0 Å². The Morgan fingerprint density at radius 3 is 1.29 bits per heavy atom. The number of ether oxygens (including phenoxy) is 2. The fraction of sp³-hybridized carbons (Fsp3) is 0.103. The first-order valence-corrected chi connectivity index (χ1v) is 10.5. The molecule has 4 rings (SSSR count). The molecule has 0 aliphatic rings. The zero-order valence-electron chi connectivity index (χ0n) is 17.9. The third-order valence-electron chi connectivity index (χ3n) is 5.21. The predicted octanol–water partition coefficient (Wildman–Crippen LogP) is 7.10. The van der Waals surface area contributed by atoms with Crippen molar-refractivity contribution in [2.75, 3.05) is 13.7 Å². The van der Waals surface area contributed by atoms with E-state index in [1.54, 1.807) is 7.11 Å². The monoisotopic (exact) mass is 406 g/mol. The van der Waals surface area contributed by atoms with E-state index in [0.29, 0.717) is 6.61 Å². The highest BCUT2D eigenvalue weighted by Gasteiger charge is 2.16. The molecule has 0 atom stereocenters. The molecule has 0 radical (unpaired) electrons. The lowest BCUT2D eigenvalue weighted by molar-refractivity contribution is 0.340. The van der Waals surface area contributed by atoms with E-state index in [-0.39, 0.29) is 0 Å². The van der Waals surface area contributed by atoms with Crippen LogP contribution < -0.4 is 9.47 Å². The maximum absolute atomic E-state index is 5.67. The first kappa shape index (κ1) is 20.5. The van der Waals surface area contributed by atoms with Gasteiger partial charge in [0.05, 0.1) is 13.7 Å². The molecule has 4 aromatic carbocycles. The number of hydrogen-bond acceptors (Lipinski definition) is 2. The van der Waals surface area contributed by atoms with Crippen LogP contribution in [0, 0.1) is 0 Å². The van der Waals surface area contributed by atoms with E-state index in [1.165, 1.54) is 22.3 Å². The van der Waals surface area contributed by atoms with Crippen LogP contribution in [0.1, 0.15) is 29.2 Å². The summed E-state index contributed by atoms with van der Waals surface area (Å²) in [5.74, 6) is 1.72. The molecule has 2 heteroatoms. The molecule has 0 aromatic heterocycles. The quantitative estimate of drug-likeness (QED) is 0.305. The van der Waals surface area contributed by atoms with Crippen LogP contribution in [0.25, 0.3) is 11.1 Å². The highest BCUT2D eigenvalue weighted by Crippen LogP contribution is 2.37. The zero-order valence-corrected chi connectivity index (χ0v) is 17.9. The molecule has 0 aliphatic carbocycles. The van der Waals surface area contributed by atoms with Gasteiger partial charge in [0.2, 0.25) is 0 Å². The fourth-order valence-electron chi connectivity index (χ4n) is 3.76. The van der Waals surface area contributed by atoms with Crippen LogP contribution in [0.3, 0.4) is 0 Å². The Bertz CT molecular complexity index is 1130. The van der Waals surface area contributed by atoms with Gasteiger partial charge in [0.25, 0.3) is 0 Å². The second-order valence-electron chi connectivity index (χ2n) is 7.17. The van der Waals surface area contributed by atoms with Crippen molar-refractivity contribution in [3.05, 3.63) is 131 Å². The molecule has 0 saturated carbocycles. The summed E-state index contributed by atoms with van der Waals surface area (Å²) in [7, 11) is 1.69. The van der Waals surface area contributed by atoms with Gasteiger partial charge in [-0.2, -0.15) is 0 Å². The lowest BCUT2D eigenvalue weighted by Gasteiger charge is -2.18. The van der Waals surface area contributed by atoms with E-state index in [0.717, 1.165) is 22.6 Å². The second kappa shape index (κ2) is 9.82. The maximum Gasteiger partial charge on any atom is 0.119 e. The van der Waals surface area contributed by atoms with Crippen molar-refractivity contribution in [2.24, 2.45) is 0 Å². The van der Waals surface area contributed by atoms with Crippen molar-refractivity contribution in [2.45, 2.75) is 6.92 Å². The van der Waals surface area contributed by atoms with E-state index >= 15 is 0 Å². The number of methoxy groups -OCH3 is 1. The molecule has 4 aromatic rings. The van der Waals surface area contributed by atoms with Gasteiger partial charge in [-0.05, 0) is 64.6 Å². The van der Waals surface area contributed by atoms with Crippen LogP contribution >= 0.6 is 0 Å². The van der Waals surface area contributed by atoms with Crippen molar-refractivity contribution >= 4 is 11.1 Å². The summed E-state index contributed by atoms with van der Waals surface area (Å²) in [6.07, 6.45) is 0. The summed E-state index contributed by atoms with van der Waals surface area (Å²) < 4.78 is 11.1. The Morgan fingerprint density at radius 2 is 0.903 bits per heavy atom. The Balaban J connectivity index is 2.00. The lowest BCUT2D eigenvalue weighted by atomic mass is 9.86. The molecule has 0 unspecified atom stereocenters. The van der Waals surface area contributed by atoms with E-state index in [2.05, 4.69) is 78.9 Å². The number of hydrogen-bond donors (Lipinski definition) is 0.